The Bertz CT molecular complexity index is 219. The van der Waals surface area contributed by atoms with Crippen LogP contribution in [0, 0.1) is 11.8 Å². The second-order valence-corrected chi connectivity index (χ2v) is 5.48. The standard InChI is InChI=1S/C13H23NO/c1-10(2)14-8-11-6-4-3-5-7-12(9-14)13(11)15/h10-12H,3-9H2,1-2H3. The molecule has 2 rings (SSSR count). The number of rotatable bonds is 1. The van der Waals surface area contributed by atoms with E-state index in [1.807, 2.05) is 0 Å². The van der Waals surface area contributed by atoms with Crippen molar-refractivity contribution in [2.24, 2.45) is 11.8 Å². The summed E-state index contributed by atoms with van der Waals surface area (Å²) in [5.74, 6) is 1.28. The molecule has 1 saturated carbocycles. The number of fused-ring (bicyclic) bond motifs is 2. The fraction of sp³-hybridized carbons (Fsp3) is 0.923. The summed E-state index contributed by atoms with van der Waals surface area (Å²) in [6.07, 6.45) is 6.13. The number of carbonyl (C=O) groups excluding carboxylic acids is 1. The summed E-state index contributed by atoms with van der Waals surface area (Å²) in [7, 11) is 0. The van der Waals surface area contributed by atoms with Gasteiger partial charge in [-0.15, -0.1) is 0 Å². The van der Waals surface area contributed by atoms with Gasteiger partial charge in [-0.3, -0.25) is 9.69 Å². The van der Waals surface area contributed by atoms with Crippen molar-refractivity contribution < 1.29 is 4.79 Å². The summed E-state index contributed by atoms with van der Waals surface area (Å²) in [6, 6.07) is 0.600. The second-order valence-electron chi connectivity index (χ2n) is 5.48. The summed E-state index contributed by atoms with van der Waals surface area (Å²) in [6.45, 7) is 6.53. The molecule has 2 atom stereocenters. The van der Waals surface area contributed by atoms with Crippen LogP contribution in [-0.4, -0.2) is 29.8 Å². The fourth-order valence-electron chi connectivity index (χ4n) is 3.00. The minimum absolute atomic E-state index is 0.353. The van der Waals surface area contributed by atoms with Crippen LogP contribution in [0.1, 0.15) is 46.0 Å². The van der Waals surface area contributed by atoms with E-state index in [0.717, 1.165) is 25.9 Å². The zero-order valence-corrected chi connectivity index (χ0v) is 10.0. The molecule has 2 heteroatoms. The van der Waals surface area contributed by atoms with Crippen LogP contribution < -0.4 is 0 Å². The monoisotopic (exact) mass is 209 g/mol. The highest BCUT2D eigenvalue weighted by atomic mass is 16.1. The van der Waals surface area contributed by atoms with Crippen LogP contribution in [-0.2, 0) is 4.79 Å². The van der Waals surface area contributed by atoms with Gasteiger partial charge in [-0.25, -0.2) is 0 Å². The minimum Gasteiger partial charge on any atom is -0.300 e. The van der Waals surface area contributed by atoms with E-state index in [2.05, 4.69) is 18.7 Å². The highest BCUT2D eigenvalue weighted by molar-refractivity contribution is 5.84. The molecule has 1 aliphatic carbocycles. The largest absolute Gasteiger partial charge is 0.300 e. The van der Waals surface area contributed by atoms with Gasteiger partial charge in [0.05, 0.1) is 0 Å². The van der Waals surface area contributed by atoms with Gasteiger partial charge in [-0.05, 0) is 26.7 Å². The molecule has 0 spiro atoms. The Kier molecular flexibility index (Phi) is 3.45. The number of hydrogen-bond donors (Lipinski definition) is 0. The predicted molar refractivity (Wildman–Crippen MR) is 61.8 cm³/mol. The quantitative estimate of drug-likeness (QED) is 0.661. The first-order chi connectivity index (χ1) is 7.18. The van der Waals surface area contributed by atoms with Gasteiger partial charge in [-0.2, -0.15) is 0 Å². The van der Waals surface area contributed by atoms with E-state index in [4.69, 9.17) is 0 Å². The summed E-state index contributed by atoms with van der Waals surface area (Å²) < 4.78 is 0. The molecule has 0 radical (unpaired) electrons. The number of carbonyl (C=O) groups is 1. The number of ketones is 1. The van der Waals surface area contributed by atoms with Crippen molar-refractivity contribution in [1.29, 1.82) is 0 Å². The molecule has 1 aliphatic heterocycles. The molecule has 2 unspecified atom stereocenters. The van der Waals surface area contributed by atoms with E-state index in [9.17, 15) is 4.79 Å². The maximum atomic E-state index is 12.1. The smallest absolute Gasteiger partial charge is 0.141 e. The van der Waals surface area contributed by atoms with Gasteiger partial charge in [0.2, 0.25) is 0 Å². The lowest BCUT2D eigenvalue weighted by Gasteiger charge is -2.40. The summed E-state index contributed by atoms with van der Waals surface area (Å²) in [5.41, 5.74) is 0. The summed E-state index contributed by atoms with van der Waals surface area (Å²) in [5, 5.41) is 0. The van der Waals surface area contributed by atoms with Crippen LogP contribution in [0.25, 0.3) is 0 Å². The molecule has 2 bridgehead atoms. The van der Waals surface area contributed by atoms with Crippen molar-refractivity contribution in [2.45, 2.75) is 52.0 Å². The van der Waals surface area contributed by atoms with Crippen LogP contribution in [0.4, 0.5) is 0 Å². The lowest BCUT2D eigenvalue weighted by molar-refractivity contribution is -0.133. The first kappa shape index (κ1) is 11.1. The van der Waals surface area contributed by atoms with Gasteiger partial charge in [0.25, 0.3) is 0 Å². The Balaban J connectivity index is 2.08. The Morgan fingerprint density at radius 3 is 2.07 bits per heavy atom. The Hall–Kier alpha value is -0.370. The van der Waals surface area contributed by atoms with Crippen molar-refractivity contribution in [1.82, 2.24) is 4.90 Å². The first-order valence-corrected chi connectivity index (χ1v) is 6.46. The van der Waals surface area contributed by atoms with E-state index in [1.54, 1.807) is 0 Å². The summed E-state index contributed by atoms with van der Waals surface area (Å²) >= 11 is 0. The average molecular weight is 209 g/mol. The van der Waals surface area contributed by atoms with Gasteiger partial charge >= 0.3 is 0 Å². The van der Waals surface area contributed by atoms with Crippen molar-refractivity contribution in [3.63, 3.8) is 0 Å². The van der Waals surface area contributed by atoms with Gasteiger partial charge in [-0.1, -0.05) is 19.3 Å². The normalized spacial score (nSPS) is 33.9. The summed E-state index contributed by atoms with van der Waals surface area (Å²) in [4.78, 5) is 14.6. The van der Waals surface area contributed by atoms with Crippen molar-refractivity contribution >= 4 is 5.78 Å². The molecule has 0 aromatic carbocycles. The van der Waals surface area contributed by atoms with Crippen molar-refractivity contribution in [3.8, 4) is 0 Å². The average Bonchev–Trinajstić information content (AvgIpc) is 2.21. The van der Waals surface area contributed by atoms with Crippen molar-refractivity contribution in [3.05, 3.63) is 0 Å². The Morgan fingerprint density at radius 2 is 1.60 bits per heavy atom. The third kappa shape index (κ3) is 2.41. The minimum atomic E-state index is 0.353. The van der Waals surface area contributed by atoms with E-state index in [1.165, 1.54) is 19.3 Å². The Morgan fingerprint density at radius 1 is 1.07 bits per heavy atom. The topological polar surface area (TPSA) is 20.3 Å². The number of Topliss-reactive ketones (excluding diaryl/α,β-unsaturated/α-hetero) is 1. The molecular weight excluding hydrogens is 186 g/mol. The molecule has 2 aliphatic rings. The SMILES string of the molecule is CC(C)N1CC2CCCCCC(C1)C2=O. The van der Waals surface area contributed by atoms with Crippen molar-refractivity contribution in [2.75, 3.05) is 13.1 Å². The zero-order chi connectivity index (χ0) is 10.8. The van der Waals surface area contributed by atoms with Gasteiger partial charge in [0.15, 0.2) is 0 Å². The maximum absolute atomic E-state index is 12.1. The molecule has 0 N–H and O–H groups in total. The molecule has 86 valence electrons. The van der Waals surface area contributed by atoms with Crippen LogP contribution in [0.5, 0.6) is 0 Å². The number of hydrogen-bond acceptors (Lipinski definition) is 2. The Labute approximate surface area is 93.0 Å². The lowest BCUT2D eigenvalue weighted by atomic mass is 9.79. The molecule has 0 amide bonds. The second kappa shape index (κ2) is 4.65. The van der Waals surface area contributed by atoms with E-state index >= 15 is 0 Å². The third-order valence-electron chi connectivity index (χ3n) is 4.05. The van der Waals surface area contributed by atoms with Crippen LogP contribution in [0.3, 0.4) is 0 Å². The lowest BCUT2D eigenvalue weighted by Crippen LogP contribution is -2.49. The molecular formula is C13H23NO. The molecule has 2 nitrogen and oxygen atoms in total. The molecule has 1 saturated heterocycles. The maximum Gasteiger partial charge on any atom is 0.141 e. The predicted octanol–water partition coefficient (Wildman–Crippen LogP) is 2.48. The fourth-order valence-corrected chi connectivity index (χ4v) is 3.00. The molecule has 15 heavy (non-hydrogen) atoms. The van der Waals surface area contributed by atoms with Crippen LogP contribution >= 0.6 is 0 Å². The highest BCUT2D eigenvalue weighted by Crippen LogP contribution is 2.30. The van der Waals surface area contributed by atoms with Gasteiger partial charge in [0.1, 0.15) is 5.78 Å². The number of nitrogens with zero attached hydrogens (tertiary/aromatic N) is 1. The third-order valence-corrected chi connectivity index (χ3v) is 4.05. The molecule has 2 fully saturated rings. The highest BCUT2D eigenvalue weighted by Gasteiger charge is 2.36. The van der Waals surface area contributed by atoms with E-state index < -0.39 is 0 Å². The van der Waals surface area contributed by atoms with Gasteiger partial charge < -0.3 is 0 Å². The molecule has 1 heterocycles. The van der Waals surface area contributed by atoms with Gasteiger partial charge in [0, 0.05) is 31.0 Å². The van der Waals surface area contributed by atoms with Crippen LogP contribution in [0.2, 0.25) is 0 Å². The number of piperidine rings is 1. The van der Waals surface area contributed by atoms with E-state index in [-0.39, 0.29) is 0 Å². The first-order valence-electron chi connectivity index (χ1n) is 6.46. The number of likely N-dealkylation sites (tertiary alicyclic amines) is 1. The molecule has 0 aromatic rings. The van der Waals surface area contributed by atoms with Crippen LogP contribution in [0.15, 0.2) is 0 Å². The van der Waals surface area contributed by atoms with E-state index in [0.29, 0.717) is 23.7 Å². The molecule has 0 aromatic heterocycles. The zero-order valence-electron chi connectivity index (χ0n) is 10.0.